The molecule has 1 N–H and O–H groups in total. The van der Waals surface area contributed by atoms with Crippen LogP contribution >= 0.6 is 11.6 Å². The Morgan fingerprint density at radius 3 is 2.32 bits per heavy atom. The number of nitriles is 1. The first-order valence-corrected chi connectivity index (χ1v) is 9.58. The van der Waals surface area contributed by atoms with Gasteiger partial charge in [0.05, 0.1) is 11.1 Å². The van der Waals surface area contributed by atoms with Crippen molar-refractivity contribution >= 4 is 23.3 Å². The van der Waals surface area contributed by atoms with Crippen LogP contribution in [0.2, 0.25) is 5.02 Å². The smallest absolute Gasteiger partial charge is 0.306 e. The van der Waals surface area contributed by atoms with Gasteiger partial charge >= 0.3 is 6.18 Å². The molecule has 0 aliphatic heterocycles. The Labute approximate surface area is 182 Å². The van der Waals surface area contributed by atoms with Crippen molar-refractivity contribution in [2.45, 2.75) is 32.5 Å². The van der Waals surface area contributed by atoms with Gasteiger partial charge in [0.2, 0.25) is 0 Å². The van der Waals surface area contributed by atoms with Crippen LogP contribution in [0.4, 0.5) is 19.0 Å². The van der Waals surface area contributed by atoms with Crippen molar-refractivity contribution < 1.29 is 18.0 Å². The number of anilines is 1. The number of hydrogen-bond donors (Lipinski definition) is 1. The maximum absolute atomic E-state index is 13.0. The minimum atomic E-state index is -4.58. The first-order valence-electron chi connectivity index (χ1n) is 9.20. The second-order valence-electron chi connectivity index (χ2n) is 7.81. The topological polar surface area (TPSA) is 70.7 Å². The SMILES string of the molecule is CC(C)(C)n1nc(-c2ccc(Cl)cc2)c(C#N)c1NC(=O)c1cccc(C(F)(F)F)c1. The molecule has 3 aromatic rings. The molecule has 1 amide bonds. The van der Waals surface area contributed by atoms with Crippen LogP contribution in [-0.2, 0) is 11.7 Å². The third kappa shape index (κ3) is 4.72. The summed E-state index contributed by atoms with van der Waals surface area (Å²) in [5.74, 6) is -0.682. The number of rotatable bonds is 3. The molecule has 0 saturated carbocycles. The first kappa shape index (κ1) is 22.4. The number of hydrogen-bond acceptors (Lipinski definition) is 3. The molecule has 3 rings (SSSR count). The van der Waals surface area contributed by atoms with Gasteiger partial charge in [0.1, 0.15) is 23.1 Å². The molecule has 9 heteroatoms. The molecule has 1 aromatic heterocycles. The number of nitrogens with zero attached hydrogens (tertiary/aromatic N) is 3. The number of nitrogens with one attached hydrogen (secondary N) is 1. The molecule has 2 aromatic carbocycles. The van der Waals surface area contributed by atoms with Crippen LogP contribution < -0.4 is 5.32 Å². The number of benzene rings is 2. The maximum atomic E-state index is 13.0. The average Bonchev–Trinajstić information content (AvgIpc) is 3.06. The van der Waals surface area contributed by atoms with Crippen LogP contribution in [-0.4, -0.2) is 15.7 Å². The fourth-order valence-electron chi connectivity index (χ4n) is 2.95. The normalized spacial score (nSPS) is 11.8. The highest BCUT2D eigenvalue weighted by Gasteiger charge is 2.32. The zero-order chi connectivity index (χ0) is 23.0. The Morgan fingerprint density at radius 1 is 1.13 bits per heavy atom. The fraction of sp³-hybridized carbons (Fsp3) is 0.227. The van der Waals surface area contributed by atoms with Gasteiger partial charge < -0.3 is 5.32 Å². The van der Waals surface area contributed by atoms with E-state index in [9.17, 15) is 23.2 Å². The van der Waals surface area contributed by atoms with E-state index in [4.69, 9.17) is 11.6 Å². The summed E-state index contributed by atoms with van der Waals surface area (Å²) < 4.78 is 40.5. The van der Waals surface area contributed by atoms with Gasteiger partial charge in [0.15, 0.2) is 0 Å². The van der Waals surface area contributed by atoms with E-state index in [0.717, 1.165) is 18.2 Å². The van der Waals surface area contributed by atoms with E-state index < -0.39 is 23.2 Å². The van der Waals surface area contributed by atoms with Crippen molar-refractivity contribution in [3.8, 4) is 17.3 Å². The summed E-state index contributed by atoms with van der Waals surface area (Å²) in [5.41, 5.74) is -0.725. The van der Waals surface area contributed by atoms with E-state index in [1.54, 1.807) is 24.3 Å². The number of alkyl halides is 3. The number of carbonyl (C=O) groups is 1. The van der Waals surface area contributed by atoms with Crippen molar-refractivity contribution in [2.75, 3.05) is 5.32 Å². The van der Waals surface area contributed by atoms with Gasteiger partial charge in [0.25, 0.3) is 5.91 Å². The number of carbonyl (C=O) groups excluding carboxylic acids is 1. The van der Waals surface area contributed by atoms with Gasteiger partial charge in [-0.2, -0.15) is 23.5 Å². The molecule has 0 bridgehead atoms. The van der Waals surface area contributed by atoms with E-state index in [2.05, 4.69) is 16.5 Å². The molecule has 0 atom stereocenters. The predicted octanol–water partition coefficient (Wildman–Crippen LogP) is 6.10. The maximum Gasteiger partial charge on any atom is 0.416 e. The van der Waals surface area contributed by atoms with Crippen molar-refractivity contribution in [2.24, 2.45) is 0 Å². The number of halogens is 4. The summed E-state index contributed by atoms with van der Waals surface area (Å²) in [5, 5.41) is 17.4. The lowest BCUT2D eigenvalue weighted by Gasteiger charge is -2.22. The second-order valence-corrected chi connectivity index (χ2v) is 8.24. The van der Waals surface area contributed by atoms with Gasteiger partial charge in [0, 0.05) is 16.1 Å². The van der Waals surface area contributed by atoms with Gasteiger partial charge in [-0.05, 0) is 51.1 Å². The minimum Gasteiger partial charge on any atom is -0.306 e. The Kier molecular flexibility index (Phi) is 5.83. The third-order valence-corrected chi connectivity index (χ3v) is 4.69. The van der Waals surface area contributed by atoms with Crippen LogP contribution in [0, 0.1) is 11.3 Å². The van der Waals surface area contributed by atoms with Crippen LogP contribution in [0.1, 0.15) is 42.3 Å². The number of aromatic nitrogens is 2. The van der Waals surface area contributed by atoms with E-state index in [1.807, 2.05) is 20.8 Å². The molecule has 0 spiro atoms. The average molecular weight is 447 g/mol. The largest absolute Gasteiger partial charge is 0.416 e. The van der Waals surface area contributed by atoms with Crippen molar-refractivity contribution in [1.29, 1.82) is 5.26 Å². The molecule has 0 aliphatic rings. The van der Waals surface area contributed by atoms with Gasteiger partial charge in [-0.25, -0.2) is 4.68 Å². The summed E-state index contributed by atoms with van der Waals surface area (Å²) in [6.45, 7) is 5.48. The summed E-state index contributed by atoms with van der Waals surface area (Å²) in [4.78, 5) is 12.8. The Hall–Kier alpha value is -3.31. The highest BCUT2D eigenvalue weighted by atomic mass is 35.5. The molecule has 0 radical (unpaired) electrons. The lowest BCUT2D eigenvalue weighted by atomic mass is 10.1. The molecule has 160 valence electrons. The van der Waals surface area contributed by atoms with Crippen LogP contribution in [0.5, 0.6) is 0 Å². The van der Waals surface area contributed by atoms with Crippen LogP contribution in [0.15, 0.2) is 48.5 Å². The first-order chi connectivity index (χ1) is 14.4. The molecular weight excluding hydrogens is 429 g/mol. The standard InChI is InChI=1S/C22H18ClF3N4O/c1-21(2,3)30-19(17(12-27)18(29-30)13-7-9-16(23)10-8-13)28-20(31)14-5-4-6-15(11-14)22(24,25)26/h4-11H,1-3H3,(H,28,31). The molecule has 0 fully saturated rings. The monoisotopic (exact) mass is 446 g/mol. The second kappa shape index (κ2) is 8.08. The summed E-state index contributed by atoms with van der Waals surface area (Å²) >= 11 is 5.94. The van der Waals surface area contributed by atoms with E-state index in [-0.39, 0.29) is 16.9 Å². The van der Waals surface area contributed by atoms with Crippen LogP contribution in [0.3, 0.4) is 0 Å². The van der Waals surface area contributed by atoms with Gasteiger partial charge in [-0.3, -0.25) is 4.79 Å². The predicted molar refractivity (Wildman–Crippen MR) is 112 cm³/mol. The zero-order valence-electron chi connectivity index (χ0n) is 16.9. The van der Waals surface area contributed by atoms with Crippen LogP contribution in [0.25, 0.3) is 11.3 Å². The quantitative estimate of drug-likeness (QED) is 0.528. The summed E-state index contributed by atoms with van der Waals surface area (Å²) in [7, 11) is 0. The van der Waals surface area contributed by atoms with Crippen molar-refractivity contribution in [1.82, 2.24) is 9.78 Å². The summed E-state index contributed by atoms with van der Waals surface area (Å²) in [6.07, 6.45) is -4.58. The van der Waals surface area contributed by atoms with Crippen molar-refractivity contribution in [3.05, 3.63) is 70.2 Å². The summed E-state index contributed by atoms with van der Waals surface area (Å²) in [6, 6.07) is 12.8. The fourth-order valence-corrected chi connectivity index (χ4v) is 3.08. The Balaban J connectivity index is 2.09. The van der Waals surface area contributed by atoms with Gasteiger partial charge in [-0.15, -0.1) is 0 Å². The third-order valence-electron chi connectivity index (χ3n) is 4.43. The highest BCUT2D eigenvalue weighted by Crippen LogP contribution is 2.34. The molecule has 0 unspecified atom stereocenters. The molecule has 0 saturated heterocycles. The van der Waals surface area contributed by atoms with Crippen molar-refractivity contribution in [3.63, 3.8) is 0 Å². The highest BCUT2D eigenvalue weighted by molar-refractivity contribution is 6.30. The molecule has 5 nitrogen and oxygen atoms in total. The Bertz CT molecular complexity index is 1170. The molecule has 1 heterocycles. The lowest BCUT2D eigenvalue weighted by Crippen LogP contribution is -2.27. The minimum absolute atomic E-state index is 0.0950. The Morgan fingerprint density at radius 2 is 1.77 bits per heavy atom. The molecular formula is C22H18ClF3N4O. The van der Waals surface area contributed by atoms with E-state index in [1.165, 1.54) is 10.7 Å². The lowest BCUT2D eigenvalue weighted by molar-refractivity contribution is -0.137. The number of amides is 1. The van der Waals surface area contributed by atoms with Gasteiger partial charge in [-0.1, -0.05) is 29.8 Å². The van der Waals surface area contributed by atoms with E-state index >= 15 is 0 Å². The zero-order valence-corrected chi connectivity index (χ0v) is 17.6. The molecule has 0 aliphatic carbocycles. The van der Waals surface area contributed by atoms with E-state index in [0.29, 0.717) is 16.3 Å². The molecule has 31 heavy (non-hydrogen) atoms.